The number of nitrogens with zero attached hydrogens (tertiary/aromatic N) is 2. The summed E-state index contributed by atoms with van der Waals surface area (Å²) in [6, 6.07) is 15.6. The van der Waals surface area contributed by atoms with E-state index < -0.39 is 0 Å². The summed E-state index contributed by atoms with van der Waals surface area (Å²) in [5, 5.41) is 9.61. The highest BCUT2D eigenvalue weighted by molar-refractivity contribution is 9.10. The third-order valence-electron chi connectivity index (χ3n) is 3.49. The number of halogens is 1. The second-order valence-electron chi connectivity index (χ2n) is 5.31. The van der Waals surface area contributed by atoms with Crippen molar-refractivity contribution in [3.05, 3.63) is 76.4 Å². The molecule has 3 rings (SSSR count). The molecule has 0 unspecified atom stereocenters. The van der Waals surface area contributed by atoms with Gasteiger partial charge in [-0.25, -0.2) is 0 Å². The van der Waals surface area contributed by atoms with E-state index in [1.807, 2.05) is 6.07 Å². The molecular weight excluding hydrogens is 384 g/mol. The zero-order valence-electron chi connectivity index (χ0n) is 13.4. The van der Waals surface area contributed by atoms with E-state index in [9.17, 15) is 9.59 Å². The number of para-hydroxylation sites is 1. The van der Waals surface area contributed by atoms with Crippen LogP contribution in [0.15, 0.2) is 65.3 Å². The van der Waals surface area contributed by atoms with Crippen LogP contribution < -0.4 is 10.6 Å². The number of rotatable bonds is 4. The summed E-state index contributed by atoms with van der Waals surface area (Å²) in [7, 11) is 1.77. The van der Waals surface area contributed by atoms with Gasteiger partial charge in [-0.3, -0.25) is 14.3 Å². The number of benzene rings is 2. The summed E-state index contributed by atoms with van der Waals surface area (Å²) in [6.07, 6.45) is 1.73. The highest BCUT2D eigenvalue weighted by Crippen LogP contribution is 2.21. The zero-order valence-corrected chi connectivity index (χ0v) is 14.9. The third kappa shape index (κ3) is 3.95. The number of anilines is 2. The summed E-state index contributed by atoms with van der Waals surface area (Å²) in [5.74, 6) is -0.202. The first kappa shape index (κ1) is 16.9. The summed E-state index contributed by atoms with van der Waals surface area (Å²) in [4.78, 5) is 25.0. The lowest BCUT2D eigenvalue weighted by atomic mass is 10.1. The number of nitrogens with one attached hydrogen (secondary N) is 2. The minimum absolute atomic E-state index is 0.300. The van der Waals surface area contributed by atoms with Crippen molar-refractivity contribution in [2.75, 3.05) is 10.6 Å². The number of aryl methyl sites for hydroxylation is 1. The van der Waals surface area contributed by atoms with Gasteiger partial charge in [0.15, 0.2) is 5.82 Å². The molecular formula is C18H15BrN4O2. The van der Waals surface area contributed by atoms with E-state index >= 15 is 0 Å². The molecule has 25 heavy (non-hydrogen) atoms. The Balaban J connectivity index is 1.82. The molecule has 0 saturated heterocycles. The predicted octanol–water partition coefficient (Wildman–Crippen LogP) is 3.69. The molecule has 3 aromatic rings. The monoisotopic (exact) mass is 398 g/mol. The van der Waals surface area contributed by atoms with Gasteiger partial charge in [0.1, 0.15) is 0 Å². The summed E-state index contributed by atoms with van der Waals surface area (Å²) in [6.45, 7) is 0. The molecule has 2 N–H and O–H groups in total. The number of hydrogen-bond acceptors (Lipinski definition) is 3. The summed E-state index contributed by atoms with van der Waals surface area (Å²) < 4.78 is 2.28. The molecule has 126 valence electrons. The quantitative estimate of drug-likeness (QED) is 0.703. The number of carbonyl (C=O) groups is 2. The Morgan fingerprint density at radius 2 is 1.56 bits per heavy atom. The molecule has 2 amide bonds. The average Bonchev–Trinajstić information content (AvgIpc) is 3.00. The topological polar surface area (TPSA) is 76.0 Å². The SMILES string of the molecule is Cn1ccc(NC(=O)c2ccccc2NC(=O)c2ccccc2Br)n1. The Morgan fingerprint density at radius 3 is 2.24 bits per heavy atom. The van der Waals surface area contributed by atoms with Gasteiger partial charge in [-0.15, -0.1) is 0 Å². The van der Waals surface area contributed by atoms with Gasteiger partial charge in [-0.1, -0.05) is 24.3 Å². The minimum atomic E-state index is -0.346. The number of amides is 2. The maximum Gasteiger partial charge on any atom is 0.258 e. The largest absolute Gasteiger partial charge is 0.321 e. The van der Waals surface area contributed by atoms with Crippen molar-refractivity contribution in [2.45, 2.75) is 0 Å². The van der Waals surface area contributed by atoms with Crippen molar-refractivity contribution in [1.82, 2.24) is 9.78 Å². The zero-order chi connectivity index (χ0) is 17.8. The molecule has 0 bridgehead atoms. The highest BCUT2D eigenvalue weighted by atomic mass is 79.9. The van der Waals surface area contributed by atoms with E-state index in [-0.39, 0.29) is 11.8 Å². The van der Waals surface area contributed by atoms with Gasteiger partial charge in [0.2, 0.25) is 0 Å². The van der Waals surface area contributed by atoms with Crippen molar-refractivity contribution in [1.29, 1.82) is 0 Å². The van der Waals surface area contributed by atoms with Gasteiger partial charge in [-0.05, 0) is 40.2 Å². The fraction of sp³-hybridized carbons (Fsp3) is 0.0556. The van der Waals surface area contributed by atoms with Crippen LogP contribution in [0.25, 0.3) is 0 Å². The van der Waals surface area contributed by atoms with Crippen LogP contribution >= 0.6 is 15.9 Å². The predicted molar refractivity (Wildman–Crippen MR) is 99.7 cm³/mol. The molecule has 0 aliphatic carbocycles. The van der Waals surface area contributed by atoms with Crippen molar-refractivity contribution in [3.63, 3.8) is 0 Å². The maximum atomic E-state index is 12.5. The number of carbonyl (C=O) groups excluding carboxylic acids is 2. The summed E-state index contributed by atoms with van der Waals surface area (Å²) in [5.41, 5.74) is 1.27. The van der Waals surface area contributed by atoms with Gasteiger partial charge < -0.3 is 10.6 Å². The van der Waals surface area contributed by atoms with Gasteiger partial charge >= 0.3 is 0 Å². The first-order valence-electron chi connectivity index (χ1n) is 7.50. The van der Waals surface area contributed by atoms with E-state index in [0.717, 1.165) is 0 Å². The number of aromatic nitrogens is 2. The Labute approximate surface area is 153 Å². The maximum absolute atomic E-state index is 12.5. The van der Waals surface area contributed by atoms with Crippen molar-refractivity contribution in [2.24, 2.45) is 7.05 Å². The molecule has 1 aromatic heterocycles. The van der Waals surface area contributed by atoms with Crippen LogP contribution in [0.5, 0.6) is 0 Å². The lowest BCUT2D eigenvalue weighted by molar-refractivity contribution is 0.102. The van der Waals surface area contributed by atoms with Crippen molar-refractivity contribution >= 4 is 39.2 Å². The lowest BCUT2D eigenvalue weighted by Crippen LogP contribution is -2.18. The van der Waals surface area contributed by atoms with Crippen LogP contribution in [-0.4, -0.2) is 21.6 Å². The minimum Gasteiger partial charge on any atom is -0.321 e. The lowest BCUT2D eigenvalue weighted by Gasteiger charge is -2.11. The van der Waals surface area contributed by atoms with Crippen LogP contribution in [0, 0.1) is 0 Å². The highest BCUT2D eigenvalue weighted by Gasteiger charge is 2.16. The Kier molecular flexibility index (Phi) is 4.95. The van der Waals surface area contributed by atoms with Crippen LogP contribution in [0.1, 0.15) is 20.7 Å². The molecule has 0 atom stereocenters. The first-order valence-corrected chi connectivity index (χ1v) is 8.30. The molecule has 7 heteroatoms. The second-order valence-corrected chi connectivity index (χ2v) is 6.16. The molecule has 0 radical (unpaired) electrons. The van der Waals surface area contributed by atoms with E-state index in [4.69, 9.17) is 0 Å². The van der Waals surface area contributed by atoms with Gasteiger partial charge in [0.25, 0.3) is 11.8 Å². The molecule has 0 spiro atoms. The molecule has 0 aliphatic heterocycles. The van der Waals surface area contributed by atoms with E-state index in [2.05, 4.69) is 31.7 Å². The molecule has 0 saturated carbocycles. The van der Waals surface area contributed by atoms with Gasteiger partial charge in [0, 0.05) is 23.8 Å². The molecule has 1 heterocycles. The van der Waals surface area contributed by atoms with Crippen molar-refractivity contribution < 1.29 is 9.59 Å². The molecule has 6 nitrogen and oxygen atoms in total. The third-order valence-corrected chi connectivity index (χ3v) is 4.19. The van der Waals surface area contributed by atoms with E-state index in [1.165, 1.54) is 0 Å². The smallest absolute Gasteiger partial charge is 0.258 e. The van der Waals surface area contributed by atoms with Gasteiger partial charge in [0.05, 0.1) is 16.8 Å². The summed E-state index contributed by atoms with van der Waals surface area (Å²) >= 11 is 3.35. The fourth-order valence-electron chi connectivity index (χ4n) is 2.29. The molecule has 0 aliphatic rings. The van der Waals surface area contributed by atoms with Gasteiger partial charge in [-0.2, -0.15) is 5.10 Å². The molecule has 0 fully saturated rings. The normalized spacial score (nSPS) is 10.3. The Bertz CT molecular complexity index is 936. The van der Waals surface area contributed by atoms with E-state index in [1.54, 1.807) is 66.5 Å². The van der Waals surface area contributed by atoms with Crippen LogP contribution in [0.4, 0.5) is 11.5 Å². The average molecular weight is 399 g/mol. The standard InChI is InChI=1S/C18H15BrN4O2/c1-23-11-10-16(22-23)21-18(25)13-7-3-5-9-15(13)20-17(24)12-6-2-4-8-14(12)19/h2-11H,1H3,(H,20,24)(H,21,22,25). The fourth-order valence-corrected chi connectivity index (χ4v) is 2.76. The molecule has 2 aromatic carbocycles. The number of hydrogen-bond donors (Lipinski definition) is 2. The van der Waals surface area contributed by atoms with Crippen molar-refractivity contribution in [3.8, 4) is 0 Å². The second kappa shape index (κ2) is 7.31. The van der Waals surface area contributed by atoms with Crippen LogP contribution in [-0.2, 0) is 7.05 Å². The Hall–Kier alpha value is -2.93. The van der Waals surface area contributed by atoms with Crippen LogP contribution in [0.3, 0.4) is 0 Å². The van der Waals surface area contributed by atoms with E-state index in [0.29, 0.717) is 27.1 Å². The first-order chi connectivity index (χ1) is 12.0. The van der Waals surface area contributed by atoms with Crippen LogP contribution in [0.2, 0.25) is 0 Å². The Morgan fingerprint density at radius 1 is 0.920 bits per heavy atom.